The summed E-state index contributed by atoms with van der Waals surface area (Å²) in [6.45, 7) is 0. The van der Waals surface area contributed by atoms with Crippen LogP contribution in [-0.4, -0.2) is 19.9 Å². The van der Waals surface area contributed by atoms with Gasteiger partial charge in [-0.15, -0.1) is 0 Å². The quantitative estimate of drug-likeness (QED) is 0.610. The Morgan fingerprint density at radius 1 is 0.947 bits per heavy atom. The summed E-state index contributed by atoms with van der Waals surface area (Å²) in [5.41, 5.74) is 2.68. The van der Waals surface area contributed by atoms with E-state index < -0.39 is 0 Å². The third-order valence-corrected chi connectivity index (χ3v) is 2.88. The van der Waals surface area contributed by atoms with Crippen molar-refractivity contribution in [3.63, 3.8) is 0 Å². The molecule has 19 heavy (non-hydrogen) atoms. The maximum atomic E-state index is 12.2. The fraction of sp³-hybridized carbons (Fsp3) is 0.118. The van der Waals surface area contributed by atoms with Crippen LogP contribution in [0, 0.1) is 0 Å². The molecule has 0 aromatic heterocycles. The van der Waals surface area contributed by atoms with Gasteiger partial charge >= 0.3 is 0 Å². The number of para-hydroxylation sites is 1. The third kappa shape index (κ3) is 3.32. The van der Waals surface area contributed by atoms with Crippen molar-refractivity contribution in [1.29, 1.82) is 0 Å². The van der Waals surface area contributed by atoms with Gasteiger partial charge in [-0.05, 0) is 23.8 Å². The van der Waals surface area contributed by atoms with Gasteiger partial charge in [0.1, 0.15) is 0 Å². The number of hydrogen-bond acceptors (Lipinski definition) is 2. The van der Waals surface area contributed by atoms with Crippen molar-refractivity contribution in [3.05, 3.63) is 71.8 Å². The Hall–Kier alpha value is -2.35. The predicted octanol–water partition coefficient (Wildman–Crippen LogP) is 3.65. The normalized spacial score (nSPS) is 10.6. The highest BCUT2D eigenvalue weighted by Gasteiger charge is 2.08. The molecule has 0 saturated heterocycles. The second-order valence-corrected chi connectivity index (χ2v) is 4.52. The van der Waals surface area contributed by atoms with E-state index in [1.165, 1.54) is 0 Å². The van der Waals surface area contributed by atoms with Gasteiger partial charge in [-0.2, -0.15) is 0 Å². The summed E-state index contributed by atoms with van der Waals surface area (Å²) in [4.78, 5) is 14.2. The largest absolute Gasteiger partial charge is 0.377 e. The number of ketones is 1. The van der Waals surface area contributed by atoms with Crippen LogP contribution in [0.1, 0.15) is 15.9 Å². The highest BCUT2D eigenvalue weighted by molar-refractivity contribution is 6.10. The second kappa shape index (κ2) is 6.01. The van der Waals surface area contributed by atoms with Crippen LogP contribution in [0.4, 0.5) is 5.69 Å². The van der Waals surface area contributed by atoms with Crippen LogP contribution in [0.3, 0.4) is 0 Å². The molecule has 0 aliphatic rings. The van der Waals surface area contributed by atoms with Gasteiger partial charge in [-0.25, -0.2) is 0 Å². The van der Waals surface area contributed by atoms with Crippen LogP contribution >= 0.6 is 0 Å². The van der Waals surface area contributed by atoms with E-state index >= 15 is 0 Å². The van der Waals surface area contributed by atoms with Gasteiger partial charge in [-0.1, -0.05) is 48.5 Å². The number of nitrogens with zero attached hydrogens (tertiary/aromatic N) is 1. The van der Waals surface area contributed by atoms with Crippen molar-refractivity contribution in [3.8, 4) is 0 Å². The smallest absolute Gasteiger partial charge is 0.187 e. The van der Waals surface area contributed by atoms with Gasteiger partial charge in [0.25, 0.3) is 0 Å². The molecule has 0 radical (unpaired) electrons. The van der Waals surface area contributed by atoms with Crippen molar-refractivity contribution in [1.82, 2.24) is 0 Å². The van der Waals surface area contributed by atoms with E-state index in [9.17, 15) is 4.79 Å². The molecule has 0 heterocycles. The minimum absolute atomic E-state index is 0.0214. The Kier molecular flexibility index (Phi) is 4.14. The highest BCUT2D eigenvalue weighted by Crippen LogP contribution is 2.19. The molecule has 2 heteroatoms. The zero-order valence-electron chi connectivity index (χ0n) is 11.2. The number of allylic oxidation sites excluding steroid dienone is 1. The minimum atomic E-state index is 0.0214. The fourth-order valence-electron chi connectivity index (χ4n) is 1.90. The summed E-state index contributed by atoms with van der Waals surface area (Å²) in [5.74, 6) is 0.0214. The average Bonchev–Trinajstić information content (AvgIpc) is 2.46. The predicted molar refractivity (Wildman–Crippen MR) is 80.6 cm³/mol. The Morgan fingerprint density at radius 2 is 1.58 bits per heavy atom. The maximum Gasteiger partial charge on any atom is 0.187 e. The van der Waals surface area contributed by atoms with Gasteiger partial charge in [-0.3, -0.25) is 4.79 Å². The molecule has 0 N–H and O–H groups in total. The molecule has 96 valence electrons. The molecule has 2 aromatic carbocycles. The summed E-state index contributed by atoms with van der Waals surface area (Å²) in [6.07, 6.45) is 3.46. The zero-order valence-corrected chi connectivity index (χ0v) is 11.2. The first kappa shape index (κ1) is 13.1. The number of anilines is 1. The summed E-state index contributed by atoms with van der Waals surface area (Å²) < 4.78 is 0. The summed E-state index contributed by atoms with van der Waals surface area (Å²) >= 11 is 0. The zero-order chi connectivity index (χ0) is 13.7. The van der Waals surface area contributed by atoms with Crippen LogP contribution in [-0.2, 0) is 0 Å². The van der Waals surface area contributed by atoms with Gasteiger partial charge in [0.05, 0.1) is 0 Å². The van der Waals surface area contributed by atoms with Crippen LogP contribution in [0.2, 0.25) is 0 Å². The van der Waals surface area contributed by atoms with E-state index in [0.29, 0.717) is 0 Å². The number of carbonyl (C=O) groups is 1. The van der Waals surface area contributed by atoms with E-state index in [2.05, 4.69) is 0 Å². The monoisotopic (exact) mass is 251 g/mol. The maximum absolute atomic E-state index is 12.2. The molecule has 0 saturated carbocycles. The summed E-state index contributed by atoms with van der Waals surface area (Å²) in [7, 11) is 3.88. The first-order valence-corrected chi connectivity index (χ1v) is 6.22. The van der Waals surface area contributed by atoms with E-state index in [1.54, 1.807) is 6.08 Å². The SMILES string of the molecule is CN(C)c1ccccc1C(=O)/C=C/c1ccccc1. The minimum Gasteiger partial charge on any atom is -0.377 e. The molecule has 0 amide bonds. The molecule has 0 spiro atoms. The molecule has 2 aromatic rings. The molecule has 2 rings (SSSR count). The lowest BCUT2D eigenvalue weighted by Crippen LogP contribution is -2.12. The summed E-state index contributed by atoms with van der Waals surface area (Å²) in [6, 6.07) is 17.4. The van der Waals surface area contributed by atoms with Gasteiger partial charge in [0, 0.05) is 25.3 Å². The van der Waals surface area contributed by atoms with Crippen LogP contribution < -0.4 is 4.90 Å². The number of hydrogen-bond donors (Lipinski definition) is 0. The van der Waals surface area contributed by atoms with Crippen molar-refractivity contribution in [2.75, 3.05) is 19.0 Å². The van der Waals surface area contributed by atoms with Crippen molar-refractivity contribution >= 4 is 17.5 Å². The number of benzene rings is 2. The fourth-order valence-corrected chi connectivity index (χ4v) is 1.90. The Labute approximate surface area is 114 Å². The van der Waals surface area contributed by atoms with Crippen LogP contribution in [0.15, 0.2) is 60.7 Å². The highest BCUT2D eigenvalue weighted by atomic mass is 16.1. The van der Waals surface area contributed by atoms with E-state index in [-0.39, 0.29) is 5.78 Å². The van der Waals surface area contributed by atoms with Crippen molar-refractivity contribution < 1.29 is 4.79 Å². The topological polar surface area (TPSA) is 20.3 Å². The number of rotatable bonds is 4. The van der Waals surface area contributed by atoms with E-state index in [1.807, 2.05) is 79.7 Å². The van der Waals surface area contributed by atoms with Gasteiger partial charge in [0.2, 0.25) is 0 Å². The van der Waals surface area contributed by atoms with Crippen molar-refractivity contribution in [2.24, 2.45) is 0 Å². The second-order valence-electron chi connectivity index (χ2n) is 4.52. The molecule has 0 aliphatic carbocycles. The molecular formula is C17H17NO. The van der Waals surface area contributed by atoms with Gasteiger partial charge in [0.15, 0.2) is 5.78 Å². The number of carbonyl (C=O) groups excluding carboxylic acids is 1. The van der Waals surface area contributed by atoms with E-state index in [0.717, 1.165) is 16.8 Å². The Bertz CT molecular complexity index is 585. The molecule has 0 atom stereocenters. The lowest BCUT2D eigenvalue weighted by molar-refractivity contribution is 0.104. The average molecular weight is 251 g/mol. The summed E-state index contributed by atoms with van der Waals surface area (Å²) in [5, 5.41) is 0. The Morgan fingerprint density at radius 3 is 2.26 bits per heavy atom. The molecular weight excluding hydrogens is 234 g/mol. The van der Waals surface area contributed by atoms with Crippen LogP contribution in [0.25, 0.3) is 6.08 Å². The lowest BCUT2D eigenvalue weighted by atomic mass is 10.1. The first-order valence-electron chi connectivity index (χ1n) is 6.22. The molecule has 0 fully saturated rings. The molecule has 0 bridgehead atoms. The first-order chi connectivity index (χ1) is 9.18. The molecule has 2 nitrogen and oxygen atoms in total. The van der Waals surface area contributed by atoms with Crippen molar-refractivity contribution in [2.45, 2.75) is 0 Å². The van der Waals surface area contributed by atoms with Gasteiger partial charge < -0.3 is 4.90 Å². The lowest BCUT2D eigenvalue weighted by Gasteiger charge is -2.15. The third-order valence-electron chi connectivity index (χ3n) is 2.88. The van der Waals surface area contributed by atoms with E-state index in [4.69, 9.17) is 0 Å². The van der Waals surface area contributed by atoms with Crippen LogP contribution in [0.5, 0.6) is 0 Å². The molecule has 0 unspecified atom stereocenters. The Balaban J connectivity index is 2.24. The molecule has 0 aliphatic heterocycles. The standard InChI is InChI=1S/C17H17NO/c1-18(2)16-11-7-6-10-15(16)17(19)13-12-14-8-4-3-5-9-14/h3-13H,1-2H3/b13-12+.